The summed E-state index contributed by atoms with van der Waals surface area (Å²) >= 11 is 0. The number of hydrogen-bond acceptors (Lipinski definition) is 4. The first-order valence-corrected chi connectivity index (χ1v) is 10.5. The van der Waals surface area contributed by atoms with Crippen LogP contribution < -0.4 is 0 Å². The Labute approximate surface area is 164 Å². The summed E-state index contributed by atoms with van der Waals surface area (Å²) in [5.74, 6) is 1.77. The zero-order valence-corrected chi connectivity index (χ0v) is 15.7. The molecule has 28 heavy (non-hydrogen) atoms. The van der Waals surface area contributed by atoms with Crippen LogP contribution in [0.25, 0.3) is 0 Å². The van der Waals surface area contributed by atoms with Gasteiger partial charge in [-0.1, -0.05) is 55.0 Å². The highest BCUT2D eigenvalue weighted by molar-refractivity contribution is 6.07. The van der Waals surface area contributed by atoms with Crippen LogP contribution in [0.15, 0.2) is 58.5 Å². The van der Waals surface area contributed by atoms with E-state index in [1.54, 1.807) is 0 Å². The highest BCUT2D eigenvalue weighted by Crippen LogP contribution is 2.53. The molecule has 0 saturated heterocycles. The van der Waals surface area contributed by atoms with Gasteiger partial charge in [-0.25, -0.2) is 9.98 Å². The Hall–Kier alpha value is -2.62. The molecular formula is C24H22N2O2. The first-order valence-electron chi connectivity index (χ1n) is 10.5. The molecule has 0 spiro atoms. The van der Waals surface area contributed by atoms with Gasteiger partial charge in [-0.15, -0.1) is 0 Å². The molecule has 0 N–H and O–H groups in total. The van der Waals surface area contributed by atoms with E-state index in [0.29, 0.717) is 0 Å². The number of nitrogens with zero attached hydrogens (tertiary/aromatic N) is 2. The van der Waals surface area contributed by atoms with Gasteiger partial charge < -0.3 is 9.47 Å². The van der Waals surface area contributed by atoms with Crippen LogP contribution in [-0.2, 0) is 22.3 Å². The fourth-order valence-electron chi connectivity index (χ4n) is 5.71. The van der Waals surface area contributed by atoms with Gasteiger partial charge in [-0.3, -0.25) is 0 Å². The summed E-state index contributed by atoms with van der Waals surface area (Å²) in [6.45, 7) is 0. The quantitative estimate of drug-likeness (QED) is 0.789. The Morgan fingerprint density at radius 3 is 1.68 bits per heavy atom. The smallest absolute Gasteiger partial charge is 0.200 e. The van der Waals surface area contributed by atoms with Crippen LogP contribution in [0.2, 0.25) is 0 Å². The molecule has 2 heterocycles. The first kappa shape index (κ1) is 15.3. The Balaban J connectivity index is 1.25. The average molecular weight is 370 g/mol. The van der Waals surface area contributed by atoms with Crippen LogP contribution in [0.5, 0.6) is 0 Å². The normalized spacial score (nSPS) is 32.9. The number of ether oxygens (including phenoxy) is 2. The SMILES string of the molecule is c1ccc2c(c1)C[C@@H]1OC(C3(C4=N[C@@H]5c6ccccc6C[C@@H]5O4)CCC3)=N[C@H]21. The molecule has 5 aliphatic rings. The summed E-state index contributed by atoms with van der Waals surface area (Å²) in [4.78, 5) is 10.2. The van der Waals surface area contributed by atoms with Crippen molar-refractivity contribution in [2.24, 2.45) is 15.4 Å². The number of fused-ring (bicyclic) bond motifs is 6. The zero-order valence-electron chi connectivity index (χ0n) is 15.7. The maximum Gasteiger partial charge on any atom is 0.200 e. The third-order valence-corrected chi connectivity index (χ3v) is 7.36. The van der Waals surface area contributed by atoms with Crippen molar-refractivity contribution in [1.29, 1.82) is 0 Å². The molecule has 0 aromatic heterocycles. The molecule has 1 saturated carbocycles. The van der Waals surface area contributed by atoms with Gasteiger partial charge in [0.1, 0.15) is 29.7 Å². The molecule has 2 aromatic carbocycles. The molecular weight excluding hydrogens is 348 g/mol. The lowest BCUT2D eigenvalue weighted by Gasteiger charge is -2.40. The van der Waals surface area contributed by atoms with Gasteiger partial charge in [0, 0.05) is 12.8 Å². The van der Waals surface area contributed by atoms with Crippen LogP contribution in [0, 0.1) is 5.41 Å². The second-order valence-corrected chi connectivity index (χ2v) is 8.81. The molecule has 0 amide bonds. The van der Waals surface area contributed by atoms with E-state index in [2.05, 4.69) is 48.5 Å². The van der Waals surface area contributed by atoms with Crippen molar-refractivity contribution in [3.8, 4) is 0 Å². The van der Waals surface area contributed by atoms with E-state index >= 15 is 0 Å². The Morgan fingerprint density at radius 1 is 0.714 bits per heavy atom. The summed E-state index contributed by atoms with van der Waals surface area (Å²) in [6.07, 6.45) is 5.45. The minimum Gasteiger partial charge on any atom is -0.474 e. The van der Waals surface area contributed by atoms with Gasteiger partial charge in [0.15, 0.2) is 11.8 Å². The number of rotatable bonds is 2. The maximum absolute atomic E-state index is 6.47. The van der Waals surface area contributed by atoms with Gasteiger partial charge in [-0.05, 0) is 35.1 Å². The van der Waals surface area contributed by atoms with E-state index < -0.39 is 0 Å². The third-order valence-electron chi connectivity index (χ3n) is 7.36. The van der Waals surface area contributed by atoms with Gasteiger partial charge in [0.2, 0.25) is 0 Å². The van der Waals surface area contributed by atoms with E-state index in [0.717, 1.165) is 37.5 Å². The van der Waals surface area contributed by atoms with Crippen LogP contribution in [0.3, 0.4) is 0 Å². The largest absolute Gasteiger partial charge is 0.474 e. The maximum atomic E-state index is 6.47. The molecule has 4 nitrogen and oxygen atoms in total. The lowest BCUT2D eigenvalue weighted by atomic mass is 9.68. The van der Waals surface area contributed by atoms with Crippen molar-refractivity contribution in [3.05, 3.63) is 70.8 Å². The number of aliphatic imine (C=N–C) groups is 2. The molecule has 3 aliphatic carbocycles. The Kier molecular flexibility index (Phi) is 2.87. The average Bonchev–Trinajstić information content (AvgIpc) is 3.39. The summed E-state index contributed by atoms with van der Waals surface area (Å²) in [6, 6.07) is 17.5. The van der Waals surface area contributed by atoms with Gasteiger partial charge >= 0.3 is 0 Å². The van der Waals surface area contributed by atoms with Crippen molar-refractivity contribution in [3.63, 3.8) is 0 Å². The molecule has 4 heteroatoms. The molecule has 0 bridgehead atoms. The van der Waals surface area contributed by atoms with Crippen molar-refractivity contribution in [1.82, 2.24) is 0 Å². The molecule has 2 aliphatic heterocycles. The van der Waals surface area contributed by atoms with Crippen molar-refractivity contribution < 1.29 is 9.47 Å². The fraction of sp³-hybridized carbons (Fsp3) is 0.417. The lowest BCUT2D eigenvalue weighted by molar-refractivity contribution is 0.135. The first-order chi connectivity index (χ1) is 13.8. The van der Waals surface area contributed by atoms with Crippen molar-refractivity contribution in [2.45, 2.75) is 56.4 Å². The summed E-state index contributed by atoms with van der Waals surface area (Å²) in [5.41, 5.74) is 5.19. The topological polar surface area (TPSA) is 43.2 Å². The molecule has 0 unspecified atom stereocenters. The van der Waals surface area contributed by atoms with Crippen LogP contribution in [-0.4, -0.2) is 24.0 Å². The van der Waals surface area contributed by atoms with E-state index in [4.69, 9.17) is 19.5 Å². The monoisotopic (exact) mass is 370 g/mol. The minimum atomic E-state index is -0.224. The number of benzene rings is 2. The molecule has 7 rings (SSSR count). The number of hydrogen-bond donors (Lipinski definition) is 0. The second-order valence-electron chi connectivity index (χ2n) is 8.81. The Bertz CT molecular complexity index is 973. The van der Waals surface area contributed by atoms with E-state index in [9.17, 15) is 0 Å². The zero-order chi connectivity index (χ0) is 18.3. The molecule has 0 radical (unpaired) electrons. The van der Waals surface area contributed by atoms with E-state index in [-0.39, 0.29) is 29.7 Å². The molecule has 4 atom stereocenters. The predicted octanol–water partition coefficient (Wildman–Crippen LogP) is 4.35. The van der Waals surface area contributed by atoms with Crippen molar-refractivity contribution >= 4 is 11.8 Å². The van der Waals surface area contributed by atoms with Crippen molar-refractivity contribution in [2.75, 3.05) is 0 Å². The molecule has 2 aromatic rings. The summed E-state index contributed by atoms with van der Waals surface area (Å²) in [7, 11) is 0. The summed E-state index contributed by atoms with van der Waals surface area (Å²) < 4.78 is 12.9. The molecule has 1 fully saturated rings. The second kappa shape index (κ2) is 5.25. The third kappa shape index (κ3) is 1.86. The predicted molar refractivity (Wildman–Crippen MR) is 107 cm³/mol. The van der Waals surface area contributed by atoms with Crippen LogP contribution in [0.4, 0.5) is 0 Å². The lowest BCUT2D eigenvalue weighted by Crippen LogP contribution is -2.46. The van der Waals surface area contributed by atoms with Crippen LogP contribution >= 0.6 is 0 Å². The van der Waals surface area contributed by atoms with Gasteiger partial charge in [0.25, 0.3) is 0 Å². The molecule has 140 valence electrons. The van der Waals surface area contributed by atoms with E-state index in [1.165, 1.54) is 28.7 Å². The fourth-order valence-corrected chi connectivity index (χ4v) is 5.71. The minimum absolute atomic E-state index is 0.144. The standard InChI is InChI=1S/C24H22N2O2/c1-3-8-16-14(6-1)12-18-20(16)25-22(27-18)24(10-5-11-24)23-26-21-17-9-4-2-7-15(17)13-19(21)28-23/h1-4,6-9,18-21H,5,10-13H2/t18-,19-,20+,21+/m0/s1. The highest BCUT2D eigenvalue weighted by Gasteiger charge is 2.57. The Morgan fingerprint density at radius 2 is 1.21 bits per heavy atom. The van der Waals surface area contributed by atoms with Gasteiger partial charge in [-0.2, -0.15) is 0 Å². The van der Waals surface area contributed by atoms with E-state index in [1.807, 2.05) is 0 Å². The van der Waals surface area contributed by atoms with Crippen LogP contribution in [0.1, 0.15) is 53.6 Å². The highest BCUT2D eigenvalue weighted by atomic mass is 16.5. The summed E-state index contributed by atoms with van der Waals surface area (Å²) in [5, 5.41) is 0. The van der Waals surface area contributed by atoms with Gasteiger partial charge in [0.05, 0.1) is 0 Å².